The molecule has 0 fully saturated rings. The van der Waals surface area contributed by atoms with E-state index in [9.17, 15) is 4.79 Å². The van der Waals surface area contributed by atoms with Crippen LogP contribution < -0.4 is 0 Å². The number of hydrogen-bond acceptors (Lipinski definition) is 3. The van der Waals surface area contributed by atoms with Crippen LogP contribution in [0.3, 0.4) is 0 Å². The van der Waals surface area contributed by atoms with E-state index in [1.165, 1.54) is 14.7 Å². The van der Waals surface area contributed by atoms with Gasteiger partial charge in [0.05, 0.1) is 0 Å². The quantitative estimate of drug-likeness (QED) is 0.517. The van der Waals surface area contributed by atoms with Gasteiger partial charge in [-0.15, -0.1) is 0 Å². The first-order valence-electron chi connectivity index (χ1n) is 7.32. The van der Waals surface area contributed by atoms with Crippen molar-refractivity contribution >= 4 is 29.3 Å². The minimum Gasteiger partial charge on any atom is -0.295 e. The van der Waals surface area contributed by atoms with Gasteiger partial charge in [-0.05, 0) is 55.5 Å². The lowest BCUT2D eigenvalue weighted by molar-refractivity contribution is 0.101. The highest BCUT2D eigenvalue weighted by atomic mass is 32.2. The van der Waals surface area contributed by atoms with Gasteiger partial charge in [0.25, 0.3) is 0 Å². The molecule has 0 aromatic heterocycles. The number of Topliss-reactive ketones (excluding diaryl/α,β-unsaturated/α-hetero) is 1. The molecule has 3 aromatic rings. The van der Waals surface area contributed by atoms with Gasteiger partial charge in [0.1, 0.15) is 0 Å². The van der Waals surface area contributed by atoms with Crippen LogP contribution in [0.25, 0.3) is 0 Å². The second kappa shape index (κ2) is 7.53. The van der Waals surface area contributed by atoms with Crippen LogP contribution in [-0.2, 0) is 0 Å². The minimum absolute atomic E-state index is 0.101. The van der Waals surface area contributed by atoms with Gasteiger partial charge in [0.2, 0.25) is 0 Å². The molecule has 114 valence electrons. The molecular formula is C20H16OS2. The molecule has 3 rings (SSSR count). The lowest BCUT2D eigenvalue weighted by Gasteiger charge is -2.05. The molecule has 1 nitrogen and oxygen atoms in total. The van der Waals surface area contributed by atoms with E-state index in [0.29, 0.717) is 0 Å². The van der Waals surface area contributed by atoms with Gasteiger partial charge in [0.15, 0.2) is 5.78 Å². The monoisotopic (exact) mass is 336 g/mol. The molecule has 0 aliphatic heterocycles. The summed E-state index contributed by atoms with van der Waals surface area (Å²) in [5, 5.41) is 0. The first-order chi connectivity index (χ1) is 11.2. The fraction of sp³-hybridized carbons (Fsp3) is 0.0500. The molecule has 0 atom stereocenters. The molecule has 0 aliphatic carbocycles. The molecular weight excluding hydrogens is 320 g/mol. The van der Waals surface area contributed by atoms with Gasteiger partial charge in [-0.2, -0.15) is 0 Å². The Morgan fingerprint density at radius 2 is 1.00 bits per heavy atom. The Hall–Kier alpha value is -1.97. The standard InChI is InChI=1S/C20H16OS2/c1-15(21)16-7-9-18(10-8-16)23-20-13-11-19(12-14-20)22-17-5-3-2-4-6-17/h2-14H,1H3. The minimum atomic E-state index is 0.101. The van der Waals surface area contributed by atoms with Crippen molar-refractivity contribution in [2.45, 2.75) is 26.5 Å². The van der Waals surface area contributed by atoms with E-state index >= 15 is 0 Å². The predicted molar refractivity (Wildman–Crippen MR) is 97.6 cm³/mol. The molecule has 0 unspecified atom stereocenters. The molecule has 0 N–H and O–H groups in total. The highest BCUT2D eigenvalue weighted by Gasteiger charge is 2.02. The van der Waals surface area contributed by atoms with E-state index < -0.39 is 0 Å². The molecule has 3 aromatic carbocycles. The molecule has 0 radical (unpaired) electrons. The fourth-order valence-corrected chi connectivity index (χ4v) is 3.75. The Morgan fingerprint density at radius 1 is 0.609 bits per heavy atom. The highest BCUT2D eigenvalue weighted by Crippen LogP contribution is 2.32. The Bertz CT molecular complexity index is 778. The Balaban J connectivity index is 1.66. The van der Waals surface area contributed by atoms with Gasteiger partial charge in [-0.25, -0.2) is 0 Å². The maximum absolute atomic E-state index is 11.3. The lowest BCUT2D eigenvalue weighted by Crippen LogP contribution is -1.90. The number of carbonyl (C=O) groups is 1. The van der Waals surface area contributed by atoms with E-state index in [4.69, 9.17) is 0 Å². The van der Waals surface area contributed by atoms with Crippen molar-refractivity contribution < 1.29 is 4.79 Å². The smallest absolute Gasteiger partial charge is 0.159 e. The van der Waals surface area contributed by atoms with Crippen LogP contribution in [0.5, 0.6) is 0 Å². The summed E-state index contributed by atoms with van der Waals surface area (Å²) in [6, 6.07) is 26.7. The van der Waals surface area contributed by atoms with Crippen LogP contribution in [0.2, 0.25) is 0 Å². The number of hydrogen-bond donors (Lipinski definition) is 0. The van der Waals surface area contributed by atoms with Crippen molar-refractivity contribution in [1.29, 1.82) is 0 Å². The van der Waals surface area contributed by atoms with Crippen molar-refractivity contribution in [3.63, 3.8) is 0 Å². The molecule has 0 aliphatic rings. The highest BCUT2D eigenvalue weighted by molar-refractivity contribution is 7.99. The fourth-order valence-electron chi connectivity index (χ4n) is 2.09. The largest absolute Gasteiger partial charge is 0.295 e. The zero-order valence-corrected chi connectivity index (χ0v) is 14.4. The zero-order chi connectivity index (χ0) is 16.1. The van der Waals surface area contributed by atoms with E-state index in [0.717, 1.165) is 10.5 Å². The average molecular weight is 336 g/mol. The third-order valence-corrected chi connectivity index (χ3v) is 5.33. The van der Waals surface area contributed by atoms with E-state index in [1.54, 1.807) is 30.4 Å². The summed E-state index contributed by atoms with van der Waals surface area (Å²) in [4.78, 5) is 16.1. The number of benzene rings is 3. The first kappa shape index (κ1) is 15.9. The van der Waals surface area contributed by atoms with Crippen molar-refractivity contribution in [2.24, 2.45) is 0 Å². The van der Waals surface area contributed by atoms with Crippen LogP contribution >= 0.6 is 23.5 Å². The third kappa shape index (κ3) is 4.50. The molecule has 3 heteroatoms. The van der Waals surface area contributed by atoms with Crippen LogP contribution in [0.4, 0.5) is 0 Å². The van der Waals surface area contributed by atoms with E-state index in [2.05, 4.69) is 48.5 Å². The number of carbonyl (C=O) groups excluding carboxylic acids is 1. The van der Waals surface area contributed by atoms with Gasteiger partial charge in [-0.1, -0.05) is 53.9 Å². The summed E-state index contributed by atoms with van der Waals surface area (Å²) in [5.41, 5.74) is 0.754. The molecule has 0 amide bonds. The van der Waals surface area contributed by atoms with Crippen molar-refractivity contribution in [3.8, 4) is 0 Å². The Labute approximate surface area is 145 Å². The second-order valence-electron chi connectivity index (χ2n) is 5.07. The van der Waals surface area contributed by atoms with Crippen molar-refractivity contribution in [1.82, 2.24) is 0 Å². The zero-order valence-electron chi connectivity index (χ0n) is 12.7. The van der Waals surface area contributed by atoms with Crippen molar-refractivity contribution in [2.75, 3.05) is 0 Å². The molecule has 0 saturated carbocycles. The van der Waals surface area contributed by atoms with E-state index in [1.807, 2.05) is 30.3 Å². The molecule has 0 saturated heterocycles. The summed E-state index contributed by atoms with van der Waals surface area (Å²) in [6.45, 7) is 1.59. The summed E-state index contributed by atoms with van der Waals surface area (Å²) in [5.74, 6) is 0.101. The van der Waals surface area contributed by atoms with Gasteiger partial charge in [-0.3, -0.25) is 4.79 Å². The number of ketones is 1. The maximum atomic E-state index is 11.3. The predicted octanol–water partition coefficient (Wildman–Crippen LogP) is 6.19. The SMILES string of the molecule is CC(=O)c1ccc(Sc2ccc(Sc3ccccc3)cc2)cc1. The molecule has 0 bridgehead atoms. The first-order valence-corrected chi connectivity index (χ1v) is 8.96. The van der Waals surface area contributed by atoms with Gasteiger partial charge in [0, 0.05) is 25.1 Å². The summed E-state index contributed by atoms with van der Waals surface area (Å²) in [6.07, 6.45) is 0. The average Bonchev–Trinajstić information content (AvgIpc) is 2.58. The molecule has 23 heavy (non-hydrogen) atoms. The summed E-state index contributed by atoms with van der Waals surface area (Å²) < 4.78 is 0. The van der Waals surface area contributed by atoms with Crippen LogP contribution in [0, 0.1) is 0 Å². The Morgan fingerprint density at radius 3 is 1.43 bits per heavy atom. The van der Waals surface area contributed by atoms with Crippen molar-refractivity contribution in [3.05, 3.63) is 84.4 Å². The topological polar surface area (TPSA) is 17.1 Å². The van der Waals surface area contributed by atoms with Gasteiger partial charge < -0.3 is 0 Å². The molecule has 0 spiro atoms. The van der Waals surface area contributed by atoms with Crippen LogP contribution in [-0.4, -0.2) is 5.78 Å². The van der Waals surface area contributed by atoms with E-state index in [-0.39, 0.29) is 5.78 Å². The maximum Gasteiger partial charge on any atom is 0.159 e. The number of rotatable bonds is 5. The van der Waals surface area contributed by atoms with Crippen LogP contribution in [0.1, 0.15) is 17.3 Å². The lowest BCUT2D eigenvalue weighted by atomic mass is 10.2. The summed E-state index contributed by atoms with van der Waals surface area (Å²) in [7, 11) is 0. The normalized spacial score (nSPS) is 10.5. The third-order valence-electron chi connectivity index (χ3n) is 3.30. The molecule has 0 heterocycles. The second-order valence-corrected chi connectivity index (χ2v) is 7.36. The van der Waals surface area contributed by atoms with Gasteiger partial charge >= 0.3 is 0 Å². The Kier molecular flexibility index (Phi) is 5.21. The summed E-state index contributed by atoms with van der Waals surface area (Å²) >= 11 is 3.46. The van der Waals surface area contributed by atoms with Crippen LogP contribution in [0.15, 0.2) is 98.4 Å².